The van der Waals surface area contributed by atoms with Crippen LogP contribution >= 0.6 is 31.9 Å². The molecule has 4 radical (unpaired) electrons. The van der Waals surface area contributed by atoms with E-state index in [1.807, 2.05) is 191 Å². The van der Waals surface area contributed by atoms with Gasteiger partial charge in [0.2, 0.25) is 0 Å². The molecule has 19 rings (SSSR count). The van der Waals surface area contributed by atoms with Gasteiger partial charge in [0.25, 0.3) is 0 Å². The van der Waals surface area contributed by atoms with Gasteiger partial charge in [-0.1, -0.05) is 204 Å². The Hall–Kier alpha value is -12.0. The quantitative estimate of drug-likeness (QED) is 0.0731. The molecule has 0 fully saturated rings. The van der Waals surface area contributed by atoms with Gasteiger partial charge in [0.15, 0.2) is 0 Å². The average molecular weight is 2110 g/mol. The number of aromatic nitrogens is 4. The zero-order chi connectivity index (χ0) is 81.2. The molecule has 28 heteroatoms. The van der Waals surface area contributed by atoms with Crippen molar-refractivity contribution in [3.05, 3.63) is 417 Å². The summed E-state index contributed by atoms with van der Waals surface area (Å²) in [5, 5.41) is 0. The molecule has 4 N–H and O–H groups in total. The van der Waals surface area contributed by atoms with Crippen LogP contribution in [0.1, 0.15) is 16.7 Å². The van der Waals surface area contributed by atoms with Crippen molar-refractivity contribution in [1.29, 1.82) is 0 Å². The van der Waals surface area contributed by atoms with Crippen molar-refractivity contribution in [1.82, 2.24) is 19.9 Å². The summed E-state index contributed by atoms with van der Waals surface area (Å²) < 4.78 is 119. The fourth-order valence-electron chi connectivity index (χ4n) is 13.3. The third-order valence-corrected chi connectivity index (χ3v) is 19.5. The zero-order valence-electron chi connectivity index (χ0n) is 62.9. The molecule has 0 saturated heterocycles. The third-order valence-electron chi connectivity index (χ3n) is 18.6. The summed E-state index contributed by atoms with van der Waals surface area (Å²) in [6.45, 7) is 7.84. The van der Waals surface area contributed by atoms with Gasteiger partial charge in [-0.05, 0) is 96.1 Å². The van der Waals surface area contributed by atoms with Gasteiger partial charge in [-0.25, -0.2) is 19.9 Å². The van der Waals surface area contributed by atoms with Gasteiger partial charge >= 0.3 is 18.5 Å². The molecule has 13 aromatic carbocycles. The first kappa shape index (κ1) is 89.8. The van der Waals surface area contributed by atoms with Crippen LogP contribution < -0.4 is 44.7 Å². The number of hydrogen-bond donors (Lipinski definition) is 0. The normalized spacial score (nSPS) is 12.8. The summed E-state index contributed by atoms with van der Waals surface area (Å²) in [5.74, 6) is 2.80. The number of rotatable bonds is 10. The van der Waals surface area contributed by atoms with Crippen LogP contribution in [0.5, 0.6) is 0 Å². The van der Waals surface area contributed by atoms with Crippen LogP contribution in [-0.2, 0) is 58.7 Å². The fourth-order valence-corrected chi connectivity index (χ4v) is 13.9. The van der Waals surface area contributed by atoms with Crippen LogP contribution in [0.15, 0.2) is 349 Å². The van der Waals surface area contributed by atoms with Crippen molar-refractivity contribution in [2.75, 3.05) is 39.2 Å². The van der Waals surface area contributed by atoms with Gasteiger partial charge in [-0.15, -0.1) is 84.8 Å². The Kier molecular flexibility index (Phi) is 29.6. The van der Waals surface area contributed by atoms with Crippen LogP contribution in [-0.4, -0.2) is 38.7 Å². The Morgan fingerprint density at radius 3 is 0.868 bits per heavy atom. The van der Waals surface area contributed by atoms with Crippen molar-refractivity contribution >= 4 is 137 Å². The summed E-state index contributed by atoms with van der Waals surface area (Å²) in [6, 6.07) is 107. The second kappa shape index (κ2) is 39.9. The fraction of sp³-hybridized carbons (Fsp3) is 0.0323. The molecule has 0 aliphatic carbocycles. The van der Waals surface area contributed by atoms with Gasteiger partial charge in [-0.3, -0.25) is 0 Å². The van der Waals surface area contributed by atoms with Gasteiger partial charge in [0, 0.05) is 116 Å². The Balaban J connectivity index is 0.000000151. The first-order valence-corrected chi connectivity index (χ1v) is 37.7. The molecule has 614 valence electrons. The number of alkyl halides is 9. The molecule has 0 bridgehead atoms. The first-order valence-electron chi connectivity index (χ1n) is 36.1. The number of nitrogens with zero attached hydrogens (tertiary/aromatic N) is 12. The molecular formula is C93H64BBr2F9Ir2N12O2-8. The van der Waals surface area contributed by atoms with E-state index in [1.165, 1.54) is 48.2 Å². The maximum atomic E-state index is 13.5. The maximum absolute atomic E-state index is 13.5. The Morgan fingerprint density at radius 2 is 0.537 bits per heavy atom. The van der Waals surface area contributed by atoms with Crippen molar-refractivity contribution in [2.24, 2.45) is 0 Å². The Bertz CT molecular complexity index is 5620. The Labute approximate surface area is 738 Å². The molecule has 0 atom stereocenters. The zero-order valence-corrected chi connectivity index (χ0v) is 70.9. The average Bonchev–Trinajstić information content (AvgIpc) is 0.974. The van der Waals surface area contributed by atoms with Gasteiger partial charge in [-0.2, -0.15) is 112 Å². The van der Waals surface area contributed by atoms with Crippen molar-refractivity contribution in [3.8, 4) is 22.3 Å². The summed E-state index contributed by atoms with van der Waals surface area (Å²) >= 11 is 7.03. The van der Waals surface area contributed by atoms with Gasteiger partial charge < -0.3 is 50.2 Å². The van der Waals surface area contributed by atoms with Gasteiger partial charge in [0.05, 0.1) is 11.1 Å². The Morgan fingerprint density at radius 1 is 0.281 bits per heavy atom. The van der Waals surface area contributed by atoms with Crippen molar-refractivity contribution in [3.63, 3.8) is 0 Å². The minimum atomic E-state index is -4.45. The monoisotopic (exact) mass is 2110 g/mol. The third kappa shape index (κ3) is 20.6. The standard InChI is InChI=1S/C26H17F3N2.C24H15F3N4.C19H13BrN2.C17H11BrN4.C7H4BF3.2Ir.2H2O/c27-26(28,29)23-14-5-4-13-22(23)19-9-8-12-21(17-19)31-18-30(20-10-2-1-3-11-20)24-15-6-7-16-25(24)31;25-24(26,27)21-12-5-4-11-20(21)17-7-6-10-19(15-17)31-16-30(18-8-2-1-3-9-18)22-23(31)29-14-13-28-22;20-15-7-6-10-17(13-15)22-14-21(16-8-2-1-3-9-16)18-11-4-5-12-19(18)22;18-13-5-4-8-15(11-13)22-12-21(14-6-2-1-3-7-14)16-17(22)20-10-9-19-16;8-6-4-2-1-3-5(6)7(9,10)11;;;;/h1-11,13-18H;1-9,11-16H;1-9,11-14H;1-7,9-12H;1-4H;;;2*1H2/q4*-2;;;;;. The predicted molar refractivity (Wildman–Crippen MR) is 458 cm³/mol. The van der Waals surface area contributed by atoms with E-state index in [1.54, 1.807) is 78.2 Å². The summed E-state index contributed by atoms with van der Waals surface area (Å²) in [4.78, 5) is 33.9. The van der Waals surface area contributed by atoms with Crippen molar-refractivity contribution in [2.45, 2.75) is 18.5 Å². The topological polar surface area (TPSA) is 140 Å². The van der Waals surface area contributed by atoms with E-state index in [-0.39, 0.29) is 67.8 Å². The molecule has 0 saturated carbocycles. The molecule has 0 unspecified atom stereocenters. The van der Waals surface area contributed by atoms with Crippen LogP contribution in [0.3, 0.4) is 0 Å². The number of benzene rings is 13. The second-order valence-electron chi connectivity index (χ2n) is 26.0. The van der Waals surface area contributed by atoms with E-state index in [2.05, 4.69) is 152 Å². The molecule has 15 aromatic rings. The first-order chi connectivity index (χ1) is 56.7. The number of anilines is 16. The van der Waals surface area contributed by atoms with Crippen LogP contribution in [0.2, 0.25) is 0 Å². The molecule has 14 nitrogen and oxygen atoms in total. The largest absolute Gasteiger partial charge is 0.493 e. The van der Waals surface area contributed by atoms with E-state index in [0.29, 0.717) is 34.1 Å². The molecule has 2 aromatic heterocycles. The molecule has 0 amide bonds. The van der Waals surface area contributed by atoms with Crippen LogP contribution in [0, 0.1) is 50.9 Å². The van der Waals surface area contributed by atoms with E-state index in [4.69, 9.17) is 7.85 Å². The molecule has 4 aliphatic heterocycles. The molecule has 4 aliphatic rings. The molecule has 121 heavy (non-hydrogen) atoms. The van der Waals surface area contributed by atoms with E-state index >= 15 is 0 Å². The van der Waals surface area contributed by atoms with E-state index in [9.17, 15) is 39.5 Å². The van der Waals surface area contributed by atoms with Crippen molar-refractivity contribution < 1.29 is 90.7 Å². The van der Waals surface area contributed by atoms with Crippen LogP contribution in [0.4, 0.5) is 131 Å². The van der Waals surface area contributed by atoms with Gasteiger partial charge in [0.1, 0.15) is 31.1 Å². The molecule has 0 spiro atoms. The number of fused-ring (bicyclic) bond motifs is 4. The number of para-hydroxylation sites is 8. The smallest absolute Gasteiger partial charge is 0.416 e. The minimum Gasteiger partial charge on any atom is -0.493 e. The predicted octanol–water partition coefficient (Wildman–Crippen LogP) is 23.9. The maximum Gasteiger partial charge on any atom is 0.416 e. The molecular weight excluding hydrogens is 2040 g/mol. The number of halogens is 11. The SMILES string of the molecule is Brc1cc[c-]c(N2[CH-]N(c3ccccc3)c3ccccc32)c1.Brc1cc[c-]c(N2[CH-]N(c3ccccc3)c3nccnc32)c1.FC(F)(F)c1ccccc1-c1cc[c-]c(N2[CH-]N(c3ccccc3)c3ccccc32)c1.FC(F)(F)c1ccccc1-c1cc[c-]c(N2[CH-]N(c3ccccc3)c3nccnc32)c1.O.O.[B]c1ccccc1C(F)(F)F.[Ir].[Ir]. The summed E-state index contributed by atoms with van der Waals surface area (Å²) in [6.07, 6.45) is -6.62. The molecule has 6 heterocycles. The second-order valence-corrected chi connectivity index (χ2v) is 27.9. The van der Waals surface area contributed by atoms with E-state index < -0.39 is 35.2 Å². The number of hydrogen-bond acceptors (Lipinski definition) is 12. The summed E-state index contributed by atoms with van der Waals surface area (Å²) in [5.41, 5.74) is 10.3. The summed E-state index contributed by atoms with van der Waals surface area (Å²) in [7, 11) is 5.09. The van der Waals surface area contributed by atoms with Crippen LogP contribution in [0.25, 0.3) is 22.3 Å². The van der Waals surface area contributed by atoms with E-state index in [0.717, 1.165) is 90.0 Å². The minimum absolute atomic E-state index is 0.